The summed E-state index contributed by atoms with van der Waals surface area (Å²) in [6.07, 6.45) is 5.56. The molecule has 0 spiro atoms. The second-order valence-electron chi connectivity index (χ2n) is 6.92. The van der Waals surface area contributed by atoms with Gasteiger partial charge in [0.1, 0.15) is 5.69 Å². The molecule has 0 unspecified atom stereocenters. The molecule has 3 aromatic heterocycles. The van der Waals surface area contributed by atoms with Crippen molar-refractivity contribution in [3.63, 3.8) is 0 Å². The molecular formula is C20H24N4OS. The summed E-state index contributed by atoms with van der Waals surface area (Å²) in [5.74, 6) is -0.0521. The number of likely N-dealkylation sites (tertiary alicyclic amines) is 1. The zero-order chi connectivity index (χ0) is 17.9. The van der Waals surface area contributed by atoms with Crippen LogP contribution in [-0.4, -0.2) is 33.9 Å². The number of piperidine rings is 1. The van der Waals surface area contributed by atoms with Crippen molar-refractivity contribution in [1.82, 2.24) is 20.2 Å². The highest BCUT2D eigenvalue weighted by atomic mass is 32.1. The lowest BCUT2D eigenvalue weighted by Gasteiger charge is -2.26. The Bertz CT molecular complexity index is 893. The maximum Gasteiger partial charge on any atom is 0.268 e. The minimum Gasteiger partial charge on any atom is -0.350 e. The summed E-state index contributed by atoms with van der Waals surface area (Å²) < 4.78 is 1.22. The van der Waals surface area contributed by atoms with Gasteiger partial charge < -0.3 is 10.3 Å². The number of H-pyrrole nitrogens is 1. The van der Waals surface area contributed by atoms with Crippen LogP contribution in [0.5, 0.6) is 0 Å². The van der Waals surface area contributed by atoms with Crippen LogP contribution in [0.15, 0.2) is 30.5 Å². The molecule has 0 bridgehead atoms. The fourth-order valence-corrected chi connectivity index (χ4v) is 4.61. The summed E-state index contributed by atoms with van der Waals surface area (Å²) in [4.78, 5) is 24.2. The number of aromatic nitrogens is 2. The van der Waals surface area contributed by atoms with Gasteiger partial charge in [0, 0.05) is 23.2 Å². The largest absolute Gasteiger partial charge is 0.350 e. The minimum absolute atomic E-state index is 0.0521. The molecule has 136 valence electrons. The first-order valence-corrected chi connectivity index (χ1v) is 10.0. The van der Waals surface area contributed by atoms with E-state index in [9.17, 15) is 4.79 Å². The van der Waals surface area contributed by atoms with E-state index in [0.29, 0.717) is 12.2 Å². The van der Waals surface area contributed by atoms with Crippen LogP contribution in [0.3, 0.4) is 0 Å². The van der Waals surface area contributed by atoms with Crippen LogP contribution in [0, 0.1) is 6.92 Å². The monoisotopic (exact) mass is 368 g/mol. The van der Waals surface area contributed by atoms with Crippen molar-refractivity contribution in [3.05, 3.63) is 52.3 Å². The van der Waals surface area contributed by atoms with E-state index in [0.717, 1.165) is 36.4 Å². The van der Waals surface area contributed by atoms with Crippen LogP contribution >= 0.6 is 11.3 Å². The first kappa shape index (κ1) is 17.2. The molecule has 4 rings (SSSR count). The van der Waals surface area contributed by atoms with E-state index in [4.69, 9.17) is 0 Å². The molecule has 1 aliphatic rings. The standard InChI is InChI=1S/C20H24N4OS/c1-14-11-17-19(26-14)16(13-24-9-5-2-6-10-24)18(23-17)20(25)22-12-15-7-3-4-8-21-15/h3-4,7-8,11,23H,2,5-6,9-10,12-13H2,1H3,(H,22,25). The summed E-state index contributed by atoms with van der Waals surface area (Å²) in [6, 6.07) is 7.87. The number of aryl methyl sites for hydroxylation is 1. The smallest absolute Gasteiger partial charge is 0.268 e. The van der Waals surface area contributed by atoms with E-state index in [2.05, 4.69) is 33.2 Å². The molecule has 6 heteroatoms. The van der Waals surface area contributed by atoms with E-state index in [1.54, 1.807) is 17.5 Å². The van der Waals surface area contributed by atoms with E-state index in [1.165, 1.54) is 28.8 Å². The predicted molar refractivity (Wildman–Crippen MR) is 105 cm³/mol. The topological polar surface area (TPSA) is 61.0 Å². The quantitative estimate of drug-likeness (QED) is 0.719. The summed E-state index contributed by atoms with van der Waals surface area (Å²) in [6.45, 7) is 5.63. The molecule has 1 fully saturated rings. The lowest BCUT2D eigenvalue weighted by molar-refractivity contribution is 0.0943. The summed E-state index contributed by atoms with van der Waals surface area (Å²) in [5.41, 5.74) is 3.77. The van der Waals surface area contributed by atoms with Crippen molar-refractivity contribution >= 4 is 27.5 Å². The van der Waals surface area contributed by atoms with Crippen LogP contribution in [0.4, 0.5) is 0 Å². The highest BCUT2D eigenvalue weighted by Crippen LogP contribution is 2.32. The maximum absolute atomic E-state index is 12.8. The van der Waals surface area contributed by atoms with Gasteiger partial charge in [-0.15, -0.1) is 11.3 Å². The van der Waals surface area contributed by atoms with Crippen LogP contribution < -0.4 is 5.32 Å². The normalized spacial score (nSPS) is 15.4. The average Bonchev–Trinajstić information content (AvgIpc) is 3.19. The Balaban J connectivity index is 1.57. The molecule has 0 aromatic carbocycles. The first-order chi connectivity index (χ1) is 12.7. The molecule has 1 saturated heterocycles. The van der Waals surface area contributed by atoms with Crippen LogP contribution in [-0.2, 0) is 13.1 Å². The third-order valence-electron chi connectivity index (χ3n) is 4.90. The van der Waals surface area contributed by atoms with Crippen LogP contribution in [0.2, 0.25) is 0 Å². The molecule has 4 heterocycles. The van der Waals surface area contributed by atoms with Gasteiger partial charge in [0.2, 0.25) is 0 Å². The Morgan fingerprint density at radius 1 is 1.31 bits per heavy atom. The Hall–Kier alpha value is -2.18. The molecule has 0 atom stereocenters. The summed E-state index contributed by atoms with van der Waals surface area (Å²) >= 11 is 1.77. The van der Waals surface area contributed by atoms with Gasteiger partial charge in [0.15, 0.2) is 0 Å². The van der Waals surface area contributed by atoms with Crippen molar-refractivity contribution in [2.45, 2.75) is 39.3 Å². The summed E-state index contributed by atoms with van der Waals surface area (Å²) in [7, 11) is 0. The number of fused-ring (bicyclic) bond motifs is 1. The van der Waals surface area contributed by atoms with Gasteiger partial charge in [0.25, 0.3) is 5.91 Å². The Morgan fingerprint density at radius 2 is 2.15 bits per heavy atom. The van der Waals surface area contributed by atoms with Crippen LogP contribution in [0.1, 0.15) is 45.9 Å². The first-order valence-electron chi connectivity index (χ1n) is 9.22. The molecule has 26 heavy (non-hydrogen) atoms. The molecule has 5 nitrogen and oxygen atoms in total. The zero-order valence-corrected chi connectivity index (χ0v) is 15.9. The molecule has 3 aromatic rings. The van der Waals surface area contributed by atoms with E-state index < -0.39 is 0 Å². The fourth-order valence-electron chi connectivity index (χ4n) is 3.60. The van der Waals surface area contributed by atoms with Crippen molar-refractivity contribution in [2.24, 2.45) is 0 Å². The van der Waals surface area contributed by atoms with Crippen molar-refractivity contribution < 1.29 is 4.79 Å². The number of hydrogen-bond donors (Lipinski definition) is 2. The number of carbonyl (C=O) groups is 1. The number of nitrogens with one attached hydrogen (secondary N) is 2. The van der Waals surface area contributed by atoms with Gasteiger partial charge in [0.05, 0.1) is 22.5 Å². The molecule has 1 amide bonds. The van der Waals surface area contributed by atoms with Crippen molar-refractivity contribution in [3.8, 4) is 0 Å². The van der Waals surface area contributed by atoms with Gasteiger partial charge in [-0.2, -0.15) is 0 Å². The highest BCUT2D eigenvalue weighted by Gasteiger charge is 2.22. The van der Waals surface area contributed by atoms with Gasteiger partial charge in [-0.3, -0.25) is 14.7 Å². The van der Waals surface area contributed by atoms with Crippen molar-refractivity contribution in [2.75, 3.05) is 13.1 Å². The molecule has 0 saturated carbocycles. The third-order valence-corrected chi connectivity index (χ3v) is 6.01. The second-order valence-corrected chi connectivity index (χ2v) is 8.18. The van der Waals surface area contributed by atoms with E-state index >= 15 is 0 Å². The Labute approximate surface area is 157 Å². The predicted octanol–water partition coefficient (Wildman–Crippen LogP) is 3.85. The summed E-state index contributed by atoms with van der Waals surface area (Å²) in [5, 5.41) is 3.01. The van der Waals surface area contributed by atoms with Crippen LogP contribution in [0.25, 0.3) is 10.2 Å². The highest BCUT2D eigenvalue weighted by molar-refractivity contribution is 7.19. The minimum atomic E-state index is -0.0521. The van der Waals surface area contributed by atoms with Gasteiger partial charge in [-0.25, -0.2) is 0 Å². The lowest BCUT2D eigenvalue weighted by atomic mass is 10.1. The average molecular weight is 369 g/mol. The third kappa shape index (κ3) is 3.66. The van der Waals surface area contributed by atoms with E-state index in [1.807, 2.05) is 18.2 Å². The number of amides is 1. The molecular weight excluding hydrogens is 344 g/mol. The molecule has 0 radical (unpaired) electrons. The number of carbonyl (C=O) groups excluding carboxylic acids is 1. The Morgan fingerprint density at radius 3 is 2.92 bits per heavy atom. The number of aromatic amines is 1. The molecule has 2 N–H and O–H groups in total. The second kappa shape index (κ2) is 7.60. The lowest BCUT2D eigenvalue weighted by Crippen LogP contribution is -2.31. The maximum atomic E-state index is 12.8. The SMILES string of the molecule is Cc1cc2[nH]c(C(=O)NCc3ccccn3)c(CN3CCCCC3)c2s1. The number of thiophene rings is 1. The fraction of sp³-hybridized carbons (Fsp3) is 0.400. The van der Waals surface area contributed by atoms with Gasteiger partial charge in [-0.05, 0) is 51.1 Å². The molecule has 0 aliphatic carbocycles. The number of nitrogens with zero attached hydrogens (tertiary/aromatic N) is 2. The Kier molecular flexibility index (Phi) is 5.04. The van der Waals surface area contributed by atoms with Gasteiger partial charge in [-0.1, -0.05) is 12.5 Å². The number of rotatable bonds is 5. The number of hydrogen-bond acceptors (Lipinski definition) is 4. The van der Waals surface area contributed by atoms with Crippen molar-refractivity contribution in [1.29, 1.82) is 0 Å². The van der Waals surface area contributed by atoms with Gasteiger partial charge >= 0.3 is 0 Å². The zero-order valence-electron chi connectivity index (χ0n) is 15.0. The van der Waals surface area contributed by atoms with E-state index in [-0.39, 0.29) is 5.91 Å². The molecule has 1 aliphatic heterocycles. The number of pyridine rings is 1.